The molecule has 4 aromatic rings. The first kappa shape index (κ1) is 34.0. The smallest absolute Gasteiger partial charge is 0.283 e. The maximum Gasteiger partial charge on any atom is 0.283 e. The van der Waals surface area contributed by atoms with Gasteiger partial charge in [-0.1, -0.05) is 25.6 Å². The number of aromatic hydroxyl groups is 2. The SMILES string of the molecule is C=CS(=O)(=O)c1ccccc1N=Nc1c(NCS(=O)(=O)O)ccc2c(O)c(N=Nc3cc(OC)c(S(=O)(=O)CC)cc3O)ccc12. The topological polar surface area (TPSA) is 234 Å². The molecule has 15 nitrogen and oxygen atoms in total. The standard InChI is InChI=1S/C28H27N5O10S3/c1-4-44(36,37)25-9-7-6-8-19(25)30-33-27-17-10-13-21(28(35)18(17)11-12-20(27)29-16-46(40,41)42)31-32-22-14-24(43-3)26(15-23(22)34)45(38,39)5-2/h4,6-15,29,34-35H,1,5,16H2,2-3H3,(H,40,41,42). The highest BCUT2D eigenvalue weighted by Gasteiger charge is 2.21. The van der Waals surface area contributed by atoms with Crippen molar-refractivity contribution in [2.45, 2.75) is 16.7 Å². The Morgan fingerprint density at radius 2 is 1.48 bits per heavy atom. The number of benzene rings is 4. The van der Waals surface area contributed by atoms with Crippen molar-refractivity contribution in [3.63, 3.8) is 0 Å². The fourth-order valence-corrected chi connectivity index (χ4v) is 6.36. The molecule has 18 heteroatoms. The maximum absolute atomic E-state index is 12.5. The monoisotopic (exact) mass is 689 g/mol. The summed E-state index contributed by atoms with van der Waals surface area (Å²) < 4.78 is 86.9. The number of anilines is 1. The summed E-state index contributed by atoms with van der Waals surface area (Å²) in [5, 5.41) is 41.3. The zero-order chi connectivity index (χ0) is 33.9. The molecule has 46 heavy (non-hydrogen) atoms. The van der Waals surface area contributed by atoms with E-state index in [9.17, 15) is 40.0 Å². The van der Waals surface area contributed by atoms with Crippen LogP contribution in [0.5, 0.6) is 17.2 Å². The van der Waals surface area contributed by atoms with Crippen molar-refractivity contribution >= 4 is 69.0 Å². The molecule has 0 saturated heterocycles. The number of nitrogens with one attached hydrogen (secondary N) is 1. The van der Waals surface area contributed by atoms with E-state index in [4.69, 9.17) is 4.74 Å². The number of hydrogen-bond donors (Lipinski definition) is 4. The van der Waals surface area contributed by atoms with Gasteiger partial charge in [0.25, 0.3) is 10.1 Å². The van der Waals surface area contributed by atoms with Crippen LogP contribution in [0.4, 0.5) is 28.4 Å². The summed E-state index contributed by atoms with van der Waals surface area (Å²) in [6.07, 6.45) is 0. The van der Waals surface area contributed by atoms with Gasteiger partial charge < -0.3 is 20.3 Å². The summed E-state index contributed by atoms with van der Waals surface area (Å²) in [7, 11) is -10.9. The third-order valence-corrected chi connectivity index (χ3v) is 10.1. The zero-order valence-corrected chi connectivity index (χ0v) is 26.6. The Labute approximate surface area is 264 Å². The van der Waals surface area contributed by atoms with Crippen molar-refractivity contribution in [3.05, 3.63) is 72.7 Å². The zero-order valence-electron chi connectivity index (χ0n) is 24.2. The number of phenols is 2. The van der Waals surface area contributed by atoms with Gasteiger partial charge in [-0.15, -0.1) is 20.5 Å². The second-order valence-electron chi connectivity index (χ2n) is 9.37. The van der Waals surface area contributed by atoms with Gasteiger partial charge in [-0.25, -0.2) is 16.8 Å². The fourth-order valence-electron chi connectivity index (χ4n) is 4.12. The normalized spacial score (nSPS) is 12.6. The van der Waals surface area contributed by atoms with Crippen LogP contribution in [0.2, 0.25) is 0 Å². The minimum absolute atomic E-state index is 0.0270. The maximum atomic E-state index is 12.5. The first-order chi connectivity index (χ1) is 21.6. The third-order valence-electron chi connectivity index (χ3n) is 6.46. The fraction of sp³-hybridized carbons (Fsp3) is 0.143. The lowest BCUT2D eigenvalue weighted by Crippen LogP contribution is -2.13. The van der Waals surface area contributed by atoms with Crippen LogP contribution in [0.1, 0.15) is 6.92 Å². The largest absolute Gasteiger partial charge is 0.506 e. The molecule has 242 valence electrons. The number of fused-ring (bicyclic) bond motifs is 1. The van der Waals surface area contributed by atoms with Gasteiger partial charge in [0.2, 0.25) is 9.84 Å². The van der Waals surface area contributed by atoms with Crippen molar-refractivity contribution in [3.8, 4) is 17.2 Å². The van der Waals surface area contributed by atoms with Crippen molar-refractivity contribution in [2.75, 3.05) is 24.1 Å². The Morgan fingerprint density at radius 3 is 2.13 bits per heavy atom. The summed E-state index contributed by atoms with van der Waals surface area (Å²) in [4.78, 5) is -0.417. The molecule has 0 heterocycles. The van der Waals surface area contributed by atoms with Gasteiger partial charge in [-0.3, -0.25) is 4.55 Å². The molecule has 0 spiro atoms. The highest BCUT2D eigenvalue weighted by atomic mass is 32.2. The first-order valence-corrected chi connectivity index (χ1v) is 17.8. The second-order valence-corrected chi connectivity index (χ2v) is 14.9. The van der Waals surface area contributed by atoms with Gasteiger partial charge in [-0.05, 0) is 36.4 Å². The van der Waals surface area contributed by atoms with E-state index in [2.05, 4.69) is 32.4 Å². The van der Waals surface area contributed by atoms with E-state index in [1.165, 1.54) is 68.6 Å². The highest BCUT2D eigenvalue weighted by molar-refractivity contribution is 7.94. The van der Waals surface area contributed by atoms with Crippen molar-refractivity contribution in [2.24, 2.45) is 20.5 Å². The Balaban J connectivity index is 1.83. The summed E-state index contributed by atoms with van der Waals surface area (Å²) in [6, 6.07) is 13.4. The van der Waals surface area contributed by atoms with E-state index >= 15 is 0 Å². The number of hydrogen-bond acceptors (Lipinski definition) is 14. The molecule has 0 aliphatic heterocycles. The molecule has 0 aliphatic carbocycles. The Hall–Kier alpha value is -4.91. The van der Waals surface area contributed by atoms with E-state index in [0.717, 1.165) is 11.5 Å². The molecule has 0 unspecified atom stereocenters. The van der Waals surface area contributed by atoms with Crippen LogP contribution in [-0.4, -0.2) is 58.8 Å². The van der Waals surface area contributed by atoms with Gasteiger partial charge in [-0.2, -0.15) is 8.42 Å². The van der Waals surface area contributed by atoms with Crippen molar-refractivity contribution in [1.29, 1.82) is 0 Å². The average molecular weight is 690 g/mol. The van der Waals surface area contributed by atoms with Gasteiger partial charge in [0.15, 0.2) is 15.6 Å². The molecule has 0 fully saturated rings. The summed E-state index contributed by atoms with van der Waals surface area (Å²) >= 11 is 0. The lowest BCUT2D eigenvalue weighted by atomic mass is 10.1. The molecule has 4 N–H and O–H groups in total. The Bertz CT molecular complexity index is 2240. The van der Waals surface area contributed by atoms with E-state index in [-0.39, 0.29) is 60.5 Å². The number of azo groups is 2. The summed E-state index contributed by atoms with van der Waals surface area (Å²) in [6.45, 7) is 4.75. The number of ether oxygens (including phenoxy) is 1. The van der Waals surface area contributed by atoms with Crippen LogP contribution in [0.25, 0.3) is 10.8 Å². The van der Waals surface area contributed by atoms with Crippen LogP contribution >= 0.6 is 0 Å². The summed E-state index contributed by atoms with van der Waals surface area (Å²) in [5.41, 5.74) is -0.256. The summed E-state index contributed by atoms with van der Waals surface area (Å²) in [5.74, 6) is -2.12. The molecular weight excluding hydrogens is 663 g/mol. The van der Waals surface area contributed by atoms with Gasteiger partial charge >= 0.3 is 0 Å². The minimum Gasteiger partial charge on any atom is -0.506 e. The lowest BCUT2D eigenvalue weighted by Gasteiger charge is -2.12. The van der Waals surface area contributed by atoms with E-state index in [1.54, 1.807) is 0 Å². The predicted molar refractivity (Wildman–Crippen MR) is 170 cm³/mol. The Kier molecular flexibility index (Phi) is 9.76. The van der Waals surface area contributed by atoms with E-state index < -0.39 is 47.2 Å². The molecular formula is C28H27N5O10S3. The predicted octanol–water partition coefficient (Wildman–Crippen LogP) is 6.06. The molecule has 0 aromatic heterocycles. The van der Waals surface area contributed by atoms with E-state index in [1.807, 2.05) is 0 Å². The number of phenolic OH excluding ortho intramolecular Hbond substituents is 2. The quantitative estimate of drug-likeness (QED) is 0.0985. The van der Waals surface area contributed by atoms with Crippen LogP contribution in [0.15, 0.2) is 103 Å². The number of rotatable bonds is 12. The second kappa shape index (κ2) is 13.2. The van der Waals surface area contributed by atoms with Gasteiger partial charge in [0.05, 0.1) is 23.4 Å². The van der Waals surface area contributed by atoms with Crippen LogP contribution in [0, 0.1) is 0 Å². The number of sulfone groups is 2. The molecule has 0 radical (unpaired) electrons. The van der Waals surface area contributed by atoms with Gasteiger partial charge in [0, 0.05) is 28.3 Å². The minimum atomic E-state index is -4.47. The molecule has 0 amide bonds. The van der Waals surface area contributed by atoms with Crippen LogP contribution in [0.3, 0.4) is 0 Å². The first-order valence-electron chi connectivity index (χ1n) is 13.0. The Morgan fingerprint density at radius 1 is 0.826 bits per heavy atom. The molecule has 4 aromatic carbocycles. The molecule has 4 rings (SSSR count). The average Bonchev–Trinajstić information content (AvgIpc) is 3.02. The van der Waals surface area contributed by atoms with Crippen molar-refractivity contribution in [1.82, 2.24) is 0 Å². The van der Waals surface area contributed by atoms with Gasteiger partial charge in [0.1, 0.15) is 45.0 Å². The van der Waals surface area contributed by atoms with Crippen LogP contribution < -0.4 is 10.1 Å². The van der Waals surface area contributed by atoms with Crippen molar-refractivity contribution < 1.29 is 44.8 Å². The van der Waals surface area contributed by atoms with Crippen LogP contribution in [-0.2, 0) is 29.8 Å². The number of methoxy groups -OCH3 is 1. The third kappa shape index (κ3) is 7.31. The molecule has 0 atom stereocenters. The van der Waals surface area contributed by atoms with E-state index in [0.29, 0.717) is 0 Å². The highest BCUT2D eigenvalue weighted by Crippen LogP contribution is 2.44. The molecule has 0 aliphatic rings. The lowest BCUT2D eigenvalue weighted by molar-refractivity contribution is 0.399. The molecule has 0 saturated carbocycles. The molecule has 0 bridgehead atoms. The number of nitrogens with zero attached hydrogens (tertiary/aromatic N) is 4.